The van der Waals surface area contributed by atoms with E-state index in [2.05, 4.69) is 6.92 Å². The van der Waals surface area contributed by atoms with Gasteiger partial charge in [0.25, 0.3) is 0 Å². The summed E-state index contributed by atoms with van der Waals surface area (Å²) >= 11 is 0. The van der Waals surface area contributed by atoms with Gasteiger partial charge in [0.1, 0.15) is 0 Å². The van der Waals surface area contributed by atoms with Crippen LogP contribution < -0.4 is 0 Å². The van der Waals surface area contributed by atoms with E-state index in [0.717, 1.165) is 19.3 Å². The predicted molar refractivity (Wildman–Crippen MR) is 102 cm³/mol. The zero-order chi connectivity index (χ0) is 18.3. The molecular weight excluding hydrogens is 323 g/mol. The highest BCUT2D eigenvalue weighted by Gasteiger charge is 2.24. The molecule has 1 atom stereocenters. The second-order valence-corrected chi connectivity index (χ2v) is 8.60. The largest absolute Gasteiger partial charge is 0.469 e. The van der Waals surface area contributed by atoms with E-state index in [1.54, 1.807) is 0 Å². The lowest BCUT2D eigenvalue weighted by Gasteiger charge is -2.21. The summed E-state index contributed by atoms with van der Waals surface area (Å²) in [5, 5.41) is 0. The average Bonchev–Trinajstić information content (AvgIpc) is 2.49. The Morgan fingerprint density at radius 2 is 1.12 bits per heavy atom. The maximum atomic E-state index is 11.0. The molecule has 0 radical (unpaired) electrons. The van der Waals surface area contributed by atoms with Gasteiger partial charge >= 0.3 is 7.82 Å². The van der Waals surface area contributed by atoms with Crippen LogP contribution in [0.1, 0.15) is 111 Å². The molecular formula is C19H41O4P. The van der Waals surface area contributed by atoms with Crippen LogP contribution in [-0.4, -0.2) is 15.9 Å². The molecule has 0 aliphatic carbocycles. The Bertz CT molecular complexity index is 314. The van der Waals surface area contributed by atoms with Gasteiger partial charge in [0.2, 0.25) is 0 Å². The van der Waals surface area contributed by atoms with E-state index in [0.29, 0.717) is 0 Å². The second-order valence-electron chi connectivity index (χ2n) is 7.41. The fraction of sp³-hybridized carbons (Fsp3) is 1.00. The van der Waals surface area contributed by atoms with Crippen molar-refractivity contribution in [1.29, 1.82) is 0 Å². The first-order chi connectivity index (χ1) is 11.4. The fourth-order valence-electron chi connectivity index (χ4n) is 3.05. The molecule has 0 fully saturated rings. The Hall–Kier alpha value is 0.110. The number of unbranched alkanes of at least 4 members (excludes halogenated alkanes) is 12. The minimum absolute atomic E-state index is 0.134. The highest BCUT2D eigenvalue weighted by atomic mass is 31.2. The number of phosphoric acid groups is 1. The maximum absolute atomic E-state index is 11.0. The SMILES string of the molecule is CCCCCCCCCCCCCCCC(OP(=O)(O)O)C(C)C. The smallest absolute Gasteiger partial charge is 0.303 e. The first-order valence-electron chi connectivity index (χ1n) is 10.1. The Balaban J connectivity index is 3.41. The second kappa shape index (κ2) is 15.4. The van der Waals surface area contributed by atoms with E-state index in [9.17, 15) is 4.57 Å². The van der Waals surface area contributed by atoms with Gasteiger partial charge in [-0.15, -0.1) is 0 Å². The zero-order valence-electron chi connectivity index (χ0n) is 16.2. The van der Waals surface area contributed by atoms with E-state index >= 15 is 0 Å². The Labute approximate surface area is 150 Å². The first-order valence-corrected chi connectivity index (χ1v) is 11.6. The van der Waals surface area contributed by atoms with Crippen LogP contribution in [0.15, 0.2) is 0 Å². The summed E-state index contributed by atoms with van der Waals surface area (Å²) in [6.45, 7) is 6.15. The minimum Gasteiger partial charge on any atom is -0.303 e. The summed E-state index contributed by atoms with van der Waals surface area (Å²) in [5.74, 6) is 0.134. The third-order valence-corrected chi connectivity index (χ3v) is 5.15. The van der Waals surface area contributed by atoms with Crippen molar-refractivity contribution in [3.05, 3.63) is 0 Å². The van der Waals surface area contributed by atoms with Gasteiger partial charge in [-0.2, -0.15) is 0 Å². The summed E-state index contributed by atoms with van der Waals surface area (Å²) in [6.07, 6.45) is 17.4. The molecule has 0 spiro atoms. The lowest BCUT2D eigenvalue weighted by Crippen LogP contribution is -2.18. The quantitative estimate of drug-likeness (QED) is 0.225. The van der Waals surface area contributed by atoms with Gasteiger partial charge in [-0.1, -0.05) is 104 Å². The van der Waals surface area contributed by atoms with E-state index < -0.39 is 7.82 Å². The molecule has 0 rings (SSSR count). The van der Waals surface area contributed by atoms with Crippen molar-refractivity contribution < 1.29 is 18.9 Å². The van der Waals surface area contributed by atoms with Crippen molar-refractivity contribution in [2.75, 3.05) is 0 Å². The lowest BCUT2D eigenvalue weighted by atomic mass is 10.00. The van der Waals surface area contributed by atoms with Crippen LogP contribution in [0.5, 0.6) is 0 Å². The molecule has 5 heteroatoms. The molecule has 0 saturated heterocycles. The van der Waals surface area contributed by atoms with Gasteiger partial charge in [0.15, 0.2) is 0 Å². The van der Waals surface area contributed by atoms with Crippen LogP contribution in [0.4, 0.5) is 0 Å². The van der Waals surface area contributed by atoms with Crippen molar-refractivity contribution >= 4 is 7.82 Å². The van der Waals surface area contributed by atoms with E-state index in [4.69, 9.17) is 14.3 Å². The normalized spacial score (nSPS) is 13.6. The van der Waals surface area contributed by atoms with Crippen molar-refractivity contribution in [3.63, 3.8) is 0 Å². The average molecular weight is 365 g/mol. The van der Waals surface area contributed by atoms with Gasteiger partial charge < -0.3 is 9.79 Å². The van der Waals surface area contributed by atoms with E-state index in [1.165, 1.54) is 70.6 Å². The van der Waals surface area contributed by atoms with Crippen LogP contribution in [0.3, 0.4) is 0 Å². The molecule has 0 aromatic rings. The summed E-state index contributed by atoms with van der Waals surface area (Å²) < 4.78 is 15.8. The third kappa shape index (κ3) is 17.0. The summed E-state index contributed by atoms with van der Waals surface area (Å²) in [6, 6.07) is 0. The van der Waals surface area contributed by atoms with Gasteiger partial charge in [0, 0.05) is 0 Å². The summed E-state index contributed by atoms with van der Waals surface area (Å²) in [5.41, 5.74) is 0. The molecule has 24 heavy (non-hydrogen) atoms. The summed E-state index contributed by atoms with van der Waals surface area (Å²) in [4.78, 5) is 17.9. The Kier molecular flexibility index (Phi) is 15.4. The molecule has 0 aliphatic heterocycles. The van der Waals surface area contributed by atoms with Crippen LogP contribution in [-0.2, 0) is 9.09 Å². The molecule has 0 heterocycles. The Morgan fingerprint density at radius 1 is 0.750 bits per heavy atom. The van der Waals surface area contributed by atoms with Crippen LogP contribution in [0, 0.1) is 5.92 Å². The van der Waals surface area contributed by atoms with E-state index in [-0.39, 0.29) is 12.0 Å². The van der Waals surface area contributed by atoms with Crippen molar-refractivity contribution in [2.45, 2.75) is 117 Å². The fourth-order valence-corrected chi connectivity index (χ4v) is 3.75. The van der Waals surface area contributed by atoms with Crippen molar-refractivity contribution in [1.82, 2.24) is 0 Å². The highest BCUT2D eigenvalue weighted by Crippen LogP contribution is 2.40. The molecule has 1 unspecified atom stereocenters. The monoisotopic (exact) mass is 364 g/mol. The van der Waals surface area contributed by atoms with Crippen molar-refractivity contribution in [2.24, 2.45) is 5.92 Å². The zero-order valence-corrected chi connectivity index (χ0v) is 17.1. The number of rotatable bonds is 17. The molecule has 0 saturated carbocycles. The van der Waals surface area contributed by atoms with E-state index in [1.807, 2.05) is 13.8 Å². The van der Waals surface area contributed by atoms with Crippen LogP contribution >= 0.6 is 7.82 Å². The van der Waals surface area contributed by atoms with Crippen LogP contribution in [0.2, 0.25) is 0 Å². The van der Waals surface area contributed by atoms with Gasteiger partial charge in [-0.3, -0.25) is 4.52 Å². The number of hydrogen-bond donors (Lipinski definition) is 2. The molecule has 0 aliphatic rings. The standard InChI is InChI=1S/C19H41O4P/c1-4-5-6-7-8-9-10-11-12-13-14-15-16-17-19(18(2)3)23-24(20,21)22/h18-19H,4-17H2,1-3H3,(H2,20,21,22). The molecule has 2 N–H and O–H groups in total. The maximum Gasteiger partial charge on any atom is 0.469 e. The summed E-state index contributed by atoms with van der Waals surface area (Å²) in [7, 11) is -4.36. The molecule has 146 valence electrons. The minimum atomic E-state index is -4.36. The van der Waals surface area contributed by atoms with Gasteiger partial charge in [-0.25, -0.2) is 4.57 Å². The molecule has 0 amide bonds. The van der Waals surface area contributed by atoms with Gasteiger partial charge in [0.05, 0.1) is 6.10 Å². The number of hydrogen-bond acceptors (Lipinski definition) is 2. The van der Waals surface area contributed by atoms with Crippen LogP contribution in [0.25, 0.3) is 0 Å². The molecule has 4 nitrogen and oxygen atoms in total. The molecule has 0 aromatic heterocycles. The number of phosphoric ester groups is 1. The third-order valence-electron chi connectivity index (χ3n) is 4.61. The Morgan fingerprint density at radius 3 is 1.46 bits per heavy atom. The van der Waals surface area contributed by atoms with Gasteiger partial charge in [-0.05, 0) is 12.3 Å². The lowest BCUT2D eigenvalue weighted by molar-refractivity contribution is 0.0912. The first kappa shape index (κ1) is 24.1. The molecule has 0 aromatic carbocycles. The van der Waals surface area contributed by atoms with Crippen molar-refractivity contribution in [3.8, 4) is 0 Å². The molecule has 0 bridgehead atoms. The predicted octanol–water partition coefficient (Wildman–Crippen LogP) is 6.60. The topological polar surface area (TPSA) is 66.8 Å². The highest BCUT2D eigenvalue weighted by molar-refractivity contribution is 7.46.